The lowest BCUT2D eigenvalue weighted by Gasteiger charge is -2.12. The number of rotatable bonds is 9. The molecule has 0 saturated carbocycles. The first-order valence-corrected chi connectivity index (χ1v) is 10.1. The van der Waals surface area contributed by atoms with Crippen molar-refractivity contribution >= 4 is 16.9 Å². The van der Waals surface area contributed by atoms with Crippen molar-refractivity contribution in [2.45, 2.75) is 13.0 Å². The van der Waals surface area contributed by atoms with Crippen molar-refractivity contribution in [3.05, 3.63) is 84.4 Å². The van der Waals surface area contributed by atoms with Gasteiger partial charge in [0.2, 0.25) is 0 Å². The summed E-state index contributed by atoms with van der Waals surface area (Å²) in [4.78, 5) is 21.1. The normalized spacial score (nSPS) is 10.7. The van der Waals surface area contributed by atoms with Crippen molar-refractivity contribution < 1.29 is 14.3 Å². The molecule has 0 atom stereocenters. The molecule has 7 heteroatoms. The summed E-state index contributed by atoms with van der Waals surface area (Å²) in [6.45, 7) is 1.59. The van der Waals surface area contributed by atoms with Crippen molar-refractivity contribution in [1.82, 2.24) is 19.9 Å². The lowest BCUT2D eigenvalue weighted by atomic mass is 10.3. The number of hydrogen-bond donors (Lipinski definition) is 1. The van der Waals surface area contributed by atoms with E-state index >= 15 is 0 Å². The van der Waals surface area contributed by atoms with Crippen molar-refractivity contribution in [3.63, 3.8) is 0 Å². The van der Waals surface area contributed by atoms with Crippen LogP contribution in [-0.2, 0) is 13.0 Å². The third kappa shape index (κ3) is 5.01. The third-order valence-corrected chi connectivity index (χ3v) is 4.89. The van der Waals surface area contributed by atoms with Crippen LogP contribution in [-0.4, -0.2) is 40.7 Å². The van der Waals surface area contributed by atoms with Crippen LogP contribution in [0.15, 0.2) is 72.9 Å². The molecule has 0 bridgehead atoms. The minimum atomic E-state index is -0.190. The van der Waals surface area contributed by atoms with Crippen LogP contribution in [0, 0.1) is 0 Å². The molecule has 0 radical (unpaired) electrons. The van der Waals surface area contributed by atoms with E-state index in [0.29, 0.717) is 31.8 Å². The van der Waals surface area contributed by atoms with Crippen LogP contribution in [0.4, 0.5) is 0 Å². The van der Waals surface area contributed by atoms with E-state index in [-0.39, 0.29) is 5.91 Å². The number of carbonyl (C=O) groups excluding carboxylic acids is 1. The Balaban J connectivity index is 1.42. The van der Waals surface area contributed by atoms with E-state index in [0.717, 1.165) is 28.4 Å². The first-order chi connectivity index (χ1) is 15.2. The summed E-state index contributed by atoms with van der Waals surface area (Å²) < 4.78 is 13.3. The number of fused-ring (bicyclic) bond motifs is 1. The molecule has 158 valence electrons. The van der Waals surface area contributed by atoms with Crippen LogP contribution in [0.2, 0.25) is 0 Å². The van der Waals surface area contributed by atoms with E-state index in [1.807, 2.05) is 48.5 Å². The van der Waals surface area contributed by atoms with Gasteiger partial charge in [0.15, 0.2) is 0 Å². The second-order valence-electron chi connectivity index (χ2n) is 6.92. The predicted octanol–water partition coefficient (Wildman–Crippen LogP) is 3.49. The molecule has 1 amide bonds. The molecular formula is C24H24N4O3. The Morgan fingerprint density at radius 3 is 2.71 bits per heavy atom. The molecule has 1 N–H and O–H groups in total. The number of methoxy groups -OCH3 is 1. The van der Waals surface area contributed by atoms with Crippen LogP contribution in [0.3, 0.4) is 0 Å². The molecule has 0 fully saturated rings. The number of nitrogens with one attached hydrogen (secondary N) is 1. The Labute approximate surface area is 180 Å². The fourth-order valence-electron chi connectivity index (χ4n) is 3.39. The summed E-state index contributed by atoms with van der Waals surface area (Å²) >= 11 is 0. The molecular weight excluding hydrogens is 392 g/mol. The Morgan fingerprint density at radius 1 is 1.03 bits per heavy atom. The molecule has 2 heterocycles. The minimum Gasteiger partial charge on any atom is -0.497 e. The number of amides is 1. The molecule has 4 rings (SSSR count). The van der Waals surface area contributed by atoms with E-state index in [4.69, 9.17) is 14.5 Å². The van der Waals surface area contributed by atoms with E-state index in [2.05, 4.69) is 14.9 Å². The number of pyridine rings is 1. The molecule has 2 aromatic heterocycles. The van der Waals surface area contributed by atoms with E-state index < -0.39 is 0 Å². The van der Waals surface area contributed by atoms with Gasteiger partial charge in [-0.25, -0.2) is 4.98 Å². The number of hydrogen-bond acceptors (Lipinski definition) is 5. The highest BCUT2D eigenvalue weighted by Crippen LogP contribution is 2.20. The van der Waals surface area contributed by atoms with Gasteiger partial charge >= 0.3 is 0 Å². The number of carbonyl (C=O) groups is 1. The van der Waals surface area contributed by atoms with E-state index in [9.17, 15) is 4.79 Å². The van der Waals surface area contributed by atoms with Gasteiger partial charge in [-0.05, 0) is 36.4 Å². The second kappa shape index (κ2) is 9.75. The average molecular weight is 416 g/mol. The summed E-state index contributed by atoms with van der Waals surface area (Å²) in [7, 11) is 1.63. The maximum Gasteiger partial charge on any atom is 0.269 e. The fourth-order valence-corrected chi connectivity index (χ4v) is 3.39. The van der Waals surface area contributed by atoms with Gasteiger partial charge in [-0.1, -0.05) is 24.3 Å². The standard InChI is InChI=1S/C24H24N4O3/c1-30-18-7-6-8-19(17-18)31-16-15-28-22-11-3-2-9-20(22)27-23(28)12-14-26-24(29)21-10-4-5-13-25-21/h2-11,13,17H,12,14-16H2,1H3,(H,26,29). The Morgan fingerprint density at radius 2 is 1.87 bits per heavy atom. The quantitative estimate of drug-likeness (QED) is 0.452. The molecule has 0 aliphatic carbocycles. The monoisotopic (exact) mass is 416 g/mol. The highest BCUT2D eigenvalue weighted by atomic mass is 16.5. The van der Waals surface area contributed by atoms with Crippen LogP contribution in [0.1, 0.15) is 16.3 Å². The summed E-state index contributed by atoms with van der Waals surface area (Å²) in [5.41, 5.74) is 2.38. The Kier molecular flexibility index (Phi) is 6.42. The first-order valence-electron chi connectivity index (χ1n) is 10.1. The molecule has 31 heavy (non-hydrogen) atoms. The van der Waals surface area contributed by atoms with Gasteiger partial charge in [-0.3, -0.25) is 9.78 Å². The molecule has 4 aromatic rings. The zero-order chi connectivity index (χ0) is 21.5. The van der Waals surface area contributed by atoms with E-state index in [1.54, 1.807) is 31.5 Å². The van der Waals surface area contributed by atoms with E-state index in [1.165, 1.54) is 0 Å². The van der Waals surface area contributed by atoms with Crippen molar-refractivity contribution in [2.75, 3.05) is 20.3 Å². The minimum absolute atomic E-state index is 0.190. The number of imidazole rings is 1. The van der Waals surface area contributed by atoms with Crippen molar-refractivity contribution in [1.29, 1.82) is 0 Å². The van der Waals surface area contributed by atoms with Crippen molar-refractivity contribution in [2.24, 2.45) is 0 Å². The maximum atomic E-state index is 12.2. The maximum absolute atomic E-state index is 12.2. The number of para-hydroxylation sites is 2. The molecule has 0 aliphatic heterocycles. The van der Waals surface area contributed by atoms with Crippen molar-refractivity contribution in [3.8, 4) is 11.5 Å². The summed E-state index contributed by atoms with van der Waals surface area (Å²) in [6.07, 6.45) is 2.21. The Hall–Kier alpha value is -3.87. The highest BCUT2D eigenvalue weighted by Gasteiger charge is 2.12. The van der Waals surface area contributed by atoms with Gasteiger partial charge in [0.05, 0.1) is 24.7 Å². The zero-order valence-corrected chi connectivity index (χ0v) is 17.3. The van der Waals surface area contributed by atoms with Crippen LogP contribution in [0.25, 0.3) is 11.0 Å². The summed E-state index contributed by atoms with van der Waals surface area (Å²) in [5.74, 6) is 2.23. The van der Waals surface area contributed by atoms with Gasteiger partial charge in [-0.2, -0.15) is 0 Å². The molecule has 7 nitrogen and oxygen atoms in total. The highest BCUT2D eigenvalue weighted by molar-refractivity contribution is 5.92. The third-order valence-electron chi connectivity index (χ3n) is 4.89. The predicted molar refractivity (Wildman–Crippen MR) is 118 cm³/mol. The van der Waals surface area contributed by atoms with Crippen LogP contribution >= 0.6 is 0 Å². The van der Waals surface area contributed by atoms with Gasteiger partial charge in [0.1, 0.15) is 29.6 Å². The second-order valence-corrected chi connectivity index (χ2v) is 6.92. The summed E-state index contributed by atoms with van der Waals surface area (Å²) in [6, 6.07) is 20.8. The number of benzene rings is 2. The molecule has 0 aliphatic rings. The van der Waals surface area contributed by atoms with Crippen LogP contribution < -0.4 is 14.8 Å². The fraction of sp³-hybridized carbons (Fsp3) is 0.208. The molecule has 2 aromatic carbocycles. The Bertz CT molecular complexity index is 1160. The first kappa shape index (κ1) is 20.4. The van der Waals surface area contributed by atoms with Gasteiger partial charge in [0, 0.05) is 25.2 Å². The SMILES string of the molecule is COc1cccc(OCCn2c(CCNC(=O)c3ccccn3)nc3ccccc32)c1. The van der Waals surface area contributed by atoms with Gasteiger partial charge in [-0.15, -0.1) is 0 Å². The topological polar surface area (TPSA) is 78.3 Å². The van der Waals surface area contributed by atoms with Gasteiger partial charge < -0.3 is 19.4 Å². The van der Waals surface area contributed by atoms with Crippen LogP contribution in [0.5, 0.6) is 11.5 Å². The lowest BCUT2D eigenvalue weighted by Crippen LogP contribution is -2.27. The average Bonchev–Trinajstić information content (AvgIpc) is 3.17. The number of nitrogens with zero attached hydrogens (tertiary/aromatic N) is 3. The zero-order valence-electron chi connectivity index (χ0n) is 17.3. The summed E-state index contributed by atoms with van der Waals surface area (Å²) in [5, 5.41) is 2.91. The molecule has 0 unspecified atom stereocenters. The number of aromatic nitrogens is 3. The smallest absolute Gasteiger partial charge is 0.269 e. The molecule has 0 saturated heterocycles. The lowest BCUT2D eigenvalue weighted by molar-refractivity contribution is 0.0949. The largest absolute Gasteiger partial charge is 0.497 e. The van der Waals surface area contributed by atoms with Gasteiger partial charge in [0.25, 0.3) is 5.91 Å². The molecule has 0 spiro atoms. The number of ether oxygens (including phenoxy) is 2.